The molecule has 0 heterocycles. The molecule has 31 heavy (non-hydrogen) atoms. The predicted molar refractivity (Wildman–Crippen MR) is 103 cm³/mol. The summed E-state index contributed by atoms with van der Waals surface area (Å²) in [7, 11) is 0. The van der Waals surface area contributed by atoms with E-state index in [4.69, 9.17) is 15.1 Å². The largest absolute Gasteiger partial charge is 0.490 e. The third-order valence-electron chi connectivity index (χ3n) is 4.42. The second-order valence-corrected chi connectivity index (χ2v) is 6.74. The molecule has 4 N–H and O–H groups in total. The number of hydrogen-bond donors (Lipinski definition) is 4. The maximum Gasteiger partial charge on any atom is 0.490 e. The maximum atomic E-state index is 12.9. The van der Waals surface area contributed by atoms with Gasteiger partial charge in [0.1, 0.15) is 5.82 Å². The van der Waals surface area contributed by atoms with Crippen LogP contribution in [0.3, 0.4) is 0 Å². The summed E-state index contributed by atoms with van der Waals surface area (Å²) in [6.45, 7) is 0.767. The Kier molecular flexibility index (Phi) is 8.29. The van der Waals surface area contributed by atoms with E-state index in [1.807, 2.05) is 36.4 Å². The Bertz CT molecular complexity index is 912. The normalized spacial score (nSPS) is 17.6. The Balaban J connectivity index is 0.000000423. The smallest absolute Gasteiger partial charge is 0.475 e. The molecular weight excluding hydrogens is 420 g/mol. The molecule has 2 unspecified atom stereocenters. The molecule has 2 aromatic carbocycles. The summed E-state index contributed by atoms with van der Waals surface area (Å²) >= 11 is 0. The zero-order valence-corrected chi connectivity index (χ0v) is 16.1. The lowest BCUT2D eigenvalue weighted by Crippen LogP contribution is -2.21. The van der Waals surface area contributed by atoms with E-state index in [-0.39, 0.29) is 5.82 Å². The summed E-state index contributed by atoms with van der Waals surface area (Å²) in [6, 6.07) is 15.0. The van der Waals surface area contributed by atoms with Crippen molar-refractivity contribution in [3.63, 3.8) is 0 Å². The van der Waals surface area contributed by atoms with Crippen molar-refractivity contribution in [1.29, 1.82) is 0 Å². The number of alkyl halides is 3. The molecule has 0 bridgehead atoms. The summed E-state index contributed by atoms with van der Waals surface area (Å²) in [6.07, 6.45) is -1.11. The monoisotopic (exact) mass is 440 g/mol. The molecule has 1 fully saturated rings. The molecule has 2 aromatic rings. The lowest BCUT2D eigenvalue weighted by molar-refractivity contribution is -0.192. The van der Waals surface area contributed by atoms with E-state index in [0.717, 1.165) is 24.1 Å². The fraction of sp³-hybridized carbons (Fsp3) is 0.238. The third kappa shape index (κ3) is 8.19. The van der Waals surface area contributed by atoms with Gasteiger partial charge in [0.05, 0.1) is 0 Å². The molecule has 0 spiro atoms. The number of amides is 1. The van der Waals surface area contributed by atoms with Crippen LogP contribution in [0.15, 0.2) is 54.6 Å². The molecule has 1 aliphatic carbocycles. The maximum absolute atomic E-state index is 12.9. The highest BCUT2D eigenvalue weighted by atomic mass is 19.4. The number of carboxylic acid groups (broad SMARTS) is 1. The average molecular weight is 440 g/mol. The van der Waals surface area contributed by atoms with Gasteiger partial charge in [-0.1, -0.05) is 36.4 Å². The van der Waals surface area contributed by atoms with Gasteiger partial charge in [-0.05, 0) is 41.3 Å². The van der Waals surface area contributed by atoms with Crippen molar-refractivity contribution in [2.24, 2.45) is 0 Å². The summed E-state index contributed by atoms with van der Waals surface area (Å²) in [5.41, 5.74) is 4.77. The van der Waals surface area contributed by atoms with Crippen LogP contribution in [-0.2, 0) is 16.1 Å². The van der Waals surface area contributed by atoms with Crippen LogP contribution in [0.2, 0.25) is 0 Å². The first-order chi connectivity index (χ1) is 14.6. The minimum absolute atomic E-state index is 0.200. The van der Waals surface area contributed by atoms with Gasteiger partial charge in [-0.15, -0.1) is 0 Å². The standard InChI is InChI=1S/C19H19FN2O2.C2HF3O2/c20-16-8-6-15(7-9-16)17-11-18(17)21-12-14-3-1-13(2-4-14)5-10-19(23)22-24;3-2(4,5)1(6)7/h1-10,17-18,21,24H,11-12H2,(H,22,23);(H,6,7)/b10-5+;. The zero-order chi connectivity index (χ0) is 23.0. The first-order valence-electron chi connectivity index (χ1n) is 9.10. The third-order valence-corrected chi connectivity index (χ3v) is 4.42. The van der Waals surface area contributed by atoms with Crippen LogP contribution in [0, 0.1) is 5.82 Å². The molecule has 0 radical (unpaired) electrons. The number of halogens is 4. The summed E-state index contributed by atoms with van der Waals surface area (Å²) in [5.74, 6) is -3.05. The second kappa shape index (κ2) is 10.7. The van der Waals surface area contributed by atoms with Crippen LogP contribution < -0.4 is 10.8 Å². The molecule has 6 nitrogen and oxygen atoms in total. The van der Waals surface area contributed by atoms with E-state index in [2.05, 4.69) is 5.32 Å². The number of benzene rings is 2. The fourth-order valence-electron chi connectivity index (χ4n) is 2.70. The van der Waals surface area contributed by atoms with Crippen molar-refractivity contribution >= 4 is 18.0 Å². The quantitative estimate of drug-likeness (QED) is 0.238. The Labute approximate surface area is 175 Å². The Hall–Kier alpha value is -3.24. The van der Waals surface area contributed by atoms with E-state index in [0.29, 0.717) is 12.0 Å². The van der Waals surface area contributed by atoms with E-state index in [1.54, 1.807) is 11.6 Å². The number of carboxylic acids is 1. The fourth-order valence-corrected chi connectivity index (χ4v) is 2.70. The minimum Gasteiger partial charge on any atom is -0.475 e. The highest BCUT2D eigenvalue weighted by molar-refractivity contribution is 5.90. The van der Waals surface area contributed by atoms with Crippen LogP contribution >= 0.6 is 0 Å². The SMILES string of the molecule is O=C(/C=C/c1ccc(CNC2CC2c2ccc(F)cc2)cc1)NO.O=C(O)C(F)(F)F. The molecule has 1 aliphatic rings. The summed E-state index contributed by atoms with van der Waals surface area (Å²) in [4.78, 5) is 19.8. The Morgan fingerprint density at radius 1 is 1.06 bits per heavy atom. The number of aliphatic carboxylic acids is 1. The van der Waals surface area contributed by atoms with Gasteiger partial charge in [-0.2, -0.15) is 13.2 Å². The van der Waals surface area contributed by atoms with Crippen molar-refractivity contribution in [2.45, 2.75) is 31.1 Å². The second-order valence-electron chi connectivity index (χ2n) is 6.74. The van der Waals surface area contributed by atoms with Crippen LogP contribution in [0.5, 0.6) is 0 Å². The van der Waals surface area contributed by atoms with Crippen LogP contribution in [0.25, 0.3) is 6.08 Å². The van der Waals surface area contributed by atoms with Crippen molar-refractivity contribution in [2.75, 3.05) is 0 Å². The first-order valence-corrected chi connectivity index (χ1v) is 9.10. The van der Waals surface area contributed by atoms with Crippen LogP contribution in [0.4, 0.5) is 17.6 Å². The van der Waals surface area contributed by atoms with Crippen LogP contribution in [-0.4, -0.2) is 34.4 Å². The van der Waals surface area contributed by atoms with Crippen molar-refractivity contribution in [3.8, 4) is 0 Å². The highest BCUT2D eigenvalue weighted by Crippen LogP contribution is 2.40. The van der Waals surface area contributed by atoms with Gasteiger partial charge in [0, 0.05) is 24.6 Å². The molecule has 0 saturated heterocycles. The summed E-state index contributed by atoms with van der Waals surface area (Å²) in [5, 5.41) is 19.1. The van der Waals surface area contributed by atoms with Gasteiger partial charge in [0.2, 0.25) is 0 Å². The molecule has 1 amide bonds. The molecule has 0 aromatic heterocycles. The minimum atomic E-state index is -5.08. The number of hydroxylamine groups is 1. The highest BCUT2D eigenvalue weighted by Gasteiger charge is 2.38. The number of carbonyl (C=O) groups excluding carboxylic acids is 1. The van der Waals surface area contributed by atoms with Crippen molar-refractivity contribution in [1.82, 2.24) is 10.8 Å². The average Bonchev–Trinajstić information content (AvgIpc) is 3.51. The molecule has 166 valence electrons. The number of nitrogens with one attached hydrogen (secondary N) is 2. The lowest BCUT2D eigenvalue weighted by atomic mass is 10.1. The molecule has 1 saturated carbocycles. The zero-order valence-electron chi connectivity index (χ0n) is 16.1. The molecule has 3 rings (SSSR count). The molecular formula is C21H20F4N2O4. The predicted octanol–water partition coefficient (Wildman–Crippen LogP) is 3.62. The molecule has 10 heteroatoms. The summed E-state index contributed by atoms with van der Waals surface area (Å²) < 4.78 is 44.7. The lowest BCUT2D eigenvalue weighted by Gasteiger charge is -2.05. The van der Waals surface area contributed by atoms with Gasteiger partial charge < -0.3 is 10.4 Å². The van der Waals surface area contributed by atoms with Gasteiger partial charge in [-0.3, -0.25) is 10.0 Å². The molecule has 2 atom stereocenters. The number of hydrogen-bond acceptors (Lipinski definition) is 4. The van der Waals surface area contributed by atoms with E-state index < -0.39 is 18.1 Å². The Morgan fingerprint density at radius 3 is 2.16 bits per heavy atom. The van der Waals surface area contributed by atoms with Crippen molar-refractivity contribution in [3.05, 3.63) is 77.1 Å². The van der Waals surface area contributed by atoms with E-state index in [1.165, 1.54) is 23.8 Å². The topological polar surface area (TPSA) is 98.7 Å². The number of carbonyl (C=O) groups is 2. The number of rotatable bonds is 6. The first kappa shape index (κ1) is 24.0. The van der Waals surface area contributed by atoms with E-state index in [9.17, 15) is 22.4 Å². The molecule has 0 aliphatic heterocycles. The van der Waals surface area contributed by atoms with Gasteiger partial charge in [0.15, 0.2) is 0 Å². The van der Waals surface area contributed by atoms with Crippen LogP contribution in [0.1, 0.15) is 29.0 Å². The van der Waals surface area contributed by atoms with Gasteiger partial charge >= 0.3 is 12.1 Å². The van der Waals surface area contributed by atoms with Gasteiger partial charge in [-0.25, -0.2) is 14.7 Å². The van der Waals surface area contributed by atoms with Gasteiger partial charge in [0.25, 0.3) is 5.91 Å². The Morgan fingerprint density at radius 2 is 1.65 bits per heavy atom. The van der Waals surface area contributed by atoms with Crippen molar-refractivity contribution < 1.29 is 37.5 Å². The van der Waals surface area contributed by atoms with E-state index >= 15 is 0 Å².